The SMILES string of the molecule is Cc1cc(OCC(O)CNC(C)CN(C)C)ccc1Cl. The summed E-state index contributed by atoms with van der Waals surface area (Å²) in [7, 11) is 4.06. The van der Waals surface area contributed by atoms with Crippen LogP contribution >= 0.6 is 11.6 Å². The first kappa shape index (κ1) is 17.2. The summed E-state index contributed by atoms with van der Waals surface area (Å²) in [6, 6.07) is 5.81. The molecule has 2 N–H and O–H groups in total. The van der Waals surface area contributed by atoms with Gasteiger partial charge >= 0.3 is 0 Å². The number of hydrogen-bond acceptors (Lipinski definition) is 4. The molecule has 1 aromatic rings. The Morgan fingerprint density at radius 3 is 2.70 bits per heavy atom. The van der Waals surface area contributed by atoms with Crippen LogP contribution in [0, 0.1) is 6.92 Å². The Kier molecular flexibility index (Phi) is 7.30. The Balaban J connectivity index is 2.28. The van der Waals surface area contributed by atoms with E-state index >= 15 is 0 Å². The topological polar surface area (TPSA) is 44.7 Å². The number of hydrogen-bond donors (Lipinski definition) is 2. The van der Waals surface area contributed by atoms with Crippen molar-refractivity contribution < 1.29 is 9.84 Å². The number of nitrogens with one attached hydrogen (secondary N) is 1. The zero-order chi connectivity index (χ0) is 15.1. The number of nitrogens with zero attached hydrogens (tertiary/aromatic N) is 1. The van der Waals surface area contributed by atoms with E-state index in [4.69, 9.17) is 16.3 Å². The van der Waals surface area contributed by atoms with Crippen molar-refractivity contribution in [2.45, 2.75) is 26.0 Å². The third-order valence-electron chi connectivity index (χ3n) is 2.91. The Labute approximate surface area is 126 Å². The van der Waals surface area contributed by atoms with E-state index in [1.165, 1.54) is 0 Å². The molecule has 20 heavy (non-hydrogen) atoms. The Morgan fingerprint density at radius 2 is 2.10 bits per heavy atom. The lowest BCUT2D eigenvalue weighted by Gasteiger charge is -2.20. The van der Waals surface area contributed by atoms with Crippen LogP contribution in [0.2, 0.25) is 5.02 Å². The maximum atomic E-state index is 9.89. The van der Waals surface area contributed by atoms with Gasteiger partial charge in [-0.15, -0.1) is 0 Å². The minimum Gasteiger partial charge on any atom is -0.491 e. The fourth-order valence-electron chi connectivity index (χ4n) is 1.91. The van der Waals surface area contributed by atoms with Crippen molar-refractivity contribution in [1.29, 1.82) is 0 Å². The molecule has 1 aromatic carbocycles. The highest BCUT2D eigenvalue weighted by Gasteiger charge is 2.09. The largest absolute Gasteiger partial charge is 0.491 e. The number of aliphatic hydroxyl groups is 1. The first-order valence-corrected chi connectivity index (χ1v) is 7.21. The van der Waals surface area contributed by atoms with Gasteiger partial charge in [0, 0.05) is 24.2 Å². The van der Waals surface area contributed by atoms with Crippen LogP contribution in [0.4, 0.5) is 0 Å². The number of rotatable bonds is 8. The first-order valence-electron chi connectivity index (χ1n) is 6.83. The first-order chi connectivity index (χ1) is 9.38. The summed E-state index contributed by atoms with van der Waals surface area (Å²) >= 11 is 5.95. The van der Waals surface area contributed by atoms with Gasteiger partial charge < -0.3 is 20.1 Å². The molecule has 0 aromatic heterocycles. The number of aryl methyl sites for hydroxylation is 1. The minimum atomic E-state index is -0.532. The summed E-state index contributed by atoms with van der Waals surface area (Å²) in [5.74, 6) is 0.729. The second kappa shape index (κ2) is 8.47. The smallest absolute Gasteiger partial charge is 0.119 e. The maximum Gasteiger partial charge on any atom is 0.119 e. The zero-order valence-electron chi connectivity index (χ0n) is 12.7. The monoisotopic (exact) mass is 300 g/mol. The van der Waals surface area contributed by atoms with Crippen molar-refractivity contribution in [3.05, 3.63) is 28.8 Å². The minimum absolute atomic E-state index is 0.267. The van der Waals surface area contributed by atoms with Gasteiger partial charge in [0.15, 0.2) is 0 Å². The predicted molar refractivity (Wildman–Crippen MR) is 83.7 cm³/mol. The van der Waals surface area contributed by atoms with E-state index in [-0.39, 0.29) is 6.61 Å². The van der Waals surface area contributed by atoms with E-state index < -0.39 is 6.10 Å². The Morgan fingerprint density at radius 1 is 1.40 bits per heavy atom. The molecule has 4 nitrogen and oxygen atoms in total. The molecule has 1 rings (SSSR count). The summed E-state index contributed by atoms with van der Waals surface area (Å²) in [5, 5.41) is 13.9. The van der Waals surface area contributed by atoms with Crippen LogP contribution in [0.5, 0.6) is 5.75 Å². The van der Waals surface area contributed by atoms with Crippen molar-refractivity contribution in [3.8, 4) is 5.75 Å². The Bertz CT molecular complexity index is 413. The third-order valence-corrected chi connectivity index (χ3v) is 3.34. The number of aliphatic hydroxyl groups excluding tert-OH is 1. The summed E-state index contributed by atoms with van der Waals surface area (Å²) < 4.78 is 5.56. The van der Waals surface area contributed by atoms with Gasteiger partial charge in [-0.3, -0.25) is 0 Å². The number of benzene rings is 1. The molecule has 0 saturated carbocycles. The van der Waals surface area contributed by atoms with Crippen molar-refractivity contribution in [2.75, 3.05) is 33.8 Å². The van der Waals surface area contributed by atoms with E-state index in [1.54, 1.807) is 6.07 Å². The van der Waals surface area contributed by atoms with Gasteiger partial charge in [0.25, 0.3) is 0 Å². The van der Waals surface area contributed by atoms with E-state index in [2.05, 4.69) is 17.1 Å². The zero-order valence-corrected chi connectivity index (χ0v) is 13.4. The van der Waals surface area contributed by atoms with Crippen LogP contribution in [0.15, 0.2) is 18.2 Å². The van der Waals surface area contributed by atoms with Crippen LogP contribution in [-0.4, -0.2) is 55.9 Å². The van der Waals surface area contributed by atoms with Gasteiger partial charge in [0.1, 0.15) is 18.5 Å². The fraction of sp³-hybridized carbons (Fsp3) is 0.600. The predicted octanol–water partition coefficient (Wildman–Crippen LogP) is 1.93. The highest BCUT2D eigenvalue weighted by atomic mass is 35.5. The lowest BCUT2D eigenvalue weighted by molar-refractivity contribution is 0.103. The second-order valence-corrected chi connectivity index (χ2v) is 5.85. The standard InChI is InChI=1S/C15H25ClN2O2/c1-11-7-14(5-6-15(11)16)20-10-13(19)8-17-12(2)9-18(3)4/h5-7,12-13,17,19H,8-10H2,1-4H3. The molecular formula is C15H25ClN2O2. The number of ether oxygens (including phenoxy) is 1. The van der Waals surface area contributed by atoms with Crippen LogP contribution in [0.3, 0.4) is 0 Å². The van der Waals surface area contributed by atoms with Gasteiger partial charge in [-0.2, -0.15) is 0 Å². The van der Waals surface area contributed by atoms with Gasteiger partial charge in [-0.25, -0.2) is 0 Å². The molecule has 0 spiro atoms. The maximum absolute atomic E-state index is 9.89. The highest BCUT2D eigenvalue weighted by molar-refractivity contribution is 6.31. The van der Waals surface area contributed by atoms with Gasteiger partial charge in [0.2, 0.25) is 0 Å². The average Bonchev–Trinajstić information content (AvgIpc) is 2.37. The molecule has 0 radical (unpaired) electrons. The van der Waals surface area contributed by atoms with Crippen molar-refractivity contribution in [3.63, 3.8) is 0 Å². The molecule has 0 bridgehead atoms. The van der Waals surface area contributed by atoms with E-state index in [9.17, 15) is 5.11 Å². The Hall–Kier alpha value is -0.810. The third kappa shape index (κ3) is 6.57. The molecule has 0 amide bonds. The van der Waals surface area contributed by atoms with Crippen LogP contribution in [0.1, 0.15) is 12.5 Å². The summed E-state index contributed by atoms with van der Waals surface area (Å²) in [6.07, 6.45) is -0.532. The molecule has 2 unspecified atom stereocenters. The molecule has 0 fully saturated rings. The lowest BCUT2D eigenvalue weighted by Crippen LogP contribution is -2.41. The van der Waals surface area contributed by atoms with Crippen molar-refractivity contribution in [2.24, 2.45) is 0 Å². The molecule has 0 heterocycles. The normalized spacial score (nSPS) is 14.3. The molecule has 0 aliphatic heterocycles. The molecule has 0 aliphatic carbocycles. The molecule has 0 aliphatic rings. The average molecular weight is 301 g/mol. The van der Waals surface area contributed by atoms with Gasteiger partial charge in [-0.1, -0.05) is 11.6 Å². The molecular weight excluding hydrogens is 276 g/mol. The van der Waals surface area contributed by atoms with Crippen molar-refractivity contribution in [1.82, 2.24) is 10.2 Å². The van der Waals surface area contributed by atoms with Gasteiger partial charge in [-0.05, 0) is 51.7 Å². The fourth-order valence-corrected chi connectivity index (χ4v) is 2.03. The van der Waals surface area contributed by atoms with E-state index in [1.807, 2.05) is 33.2 Å². The van der Waals surface area contributed by atoms with E-state index in [0.29, 0.717) is 12.6 Å². The van der Waals surface area contributed by atoms with Crippen molar-refractivity contribution >= 4 is 11.6 Å². The summed E-state index contributed by atoms with van der Waals surface area (Å²) in [6.45, 7) is 5.74. The van der Waals surface area contributed by atoms with Crippen LogP contribution in [0.25, 0.3) is 0 Å². The highest BCUT2D eigenvalue weighted by Crippen LogP contribution is 2.21. The molecule has 0 saturated heterocycles. The van der Waals surface area contributed by atoms with Crippen LogP contribution in [-0.2, 0) is 0 Å². The molecule has 114 valence electrons. The lowest BCUT2D eigenvalue weighted by atomic mass is 10.2. The number of likely N-dealkylation sites (N-methyl/N-ethyl adjacent to an activating group) is 1. The van der Waals surface area contributed by atoms with Gasteiger partial charge in [0.05, 0.1) is 0 Å². The molecule has 2 atom stereocenters. The quantitative estimate of drug-likeness (QED) is 0.770. The van der Waals surface area contributed by atoms with E-state index in [0.717, 1.165) is 22.9 Å². The summed E-state index contributed by atoms with van der Waals surface area (Å²) in [4.78, 5) is 2.11. The second-order valence-electron chi connectivity index (χ2n) is 5.45. The summed E-state index contributed by atoms with van der Waals surface area (Å²) in [5.41, 5.74) is 0.969. The molecule has 5 heteroatoms. The number of halogens is 1. The van der Waals surface area contributed by atoms with Crippen LogP contribution < -0.4 is 10.1 Å².